The Hall–Kier alpha value is -9.32. The minimum absolute atomic E-state index is 0.823. The van der Waals surface area contributed by atoms with Crippen molar-refractivity contribution in [2.45, 2.75) is 6.92 Å². The van der Waals surface area contributed by atoms with Crippen LogP contribution in [0.15, 0.2) is 265 Å². The van der Waals surface area contributed by atoms with Crippen LogP contribution in [-0.4, -0.2) is 7.28 Å². The smallest absolute Gasteiger partial charge is 0.198 e. The zero-order valence-electron chi connectivity index (χ0n) is 39.7. The molecule has 0 fully saturated rings. The molecule has 13 rings (SSSR count). The molecule has 0 saturated heterocycles. The van der Waals surface area contributed by atoms with Crippen molar-refractivity contribution in [1.29, 1.82) is 0 Å². The number of nitrogens with zero attached hydrogens (tertiary/aromatic N) is 2. The Balaban J connectivity index is 1.08. The maximum Gasteiger partial charge on any atom is 0.198 e. The molecule has 1 aliphatic heterocycles. The van der Waals surface area contributed by atoms with Crippen LogP contribution in [0.4, 0.5) is 45.5 Å². The fraction of sp³-hybridized carbons (Fsp3) is 0.0149. The van der Waals surface area contributed by atoms with Gasteiger partial charge in [0.1, 0.15) is 11.2 Å². The molecule has 5 heteroatoms. The lowest BCUT2D eigenvalue weighted by molar-refractivity contribution is 0.669. The molecule has 0 spiro atoms. The minimum Gasteiger partial charge on any atom is -0.456 e. The second-order valence-electron chi connectivity index (χ2n) is 18.5. The van der Waals surface area contributed by atoms with E-state index in [1.54, 1.807) is 0 Å². The maximum absolute atomic E-state index is 6.98. The van der Waals surface area contributed by atoms with E-state index in [4.69, 9.17) is 4.42 Å². The number of benzene rings is 11. The molecule has 0 unspecified atom stereocenters. The molecule has 0 bridgehead atoms. The van der Waals surface area contributed by atoms with E-state index in [2.05, 4.69) is 290 Å². The van der Waals surface area contributed by atoms with Crippen LogP contribution < -0.4 is 26.0 Å². The van der Waals surface area contributed by atoms with Crippen molar-refractivity contribution < 1.29 is 4.42 Å². The minimum atomic E-state index is 0.823. The van der Waals surface area contributed by atoms with Crippen molar-refractivity contribution in [1.82, 2.24) is 0 Å². The first-order valence-electron chi connectivity index (χ1n) is 24.6. The average molecular weight is 921 g/mol. The molecule has 4 nitrogen and oxygen atoms in total. The summed E-state index contributed by atoms with van der Waals surface area (Å²) in [6.07, 6.45) is 0. The van der Waals surface area contributed by atoms with E-state index in [0.717, 1.165) is 112 Å². The Bertz CT molecular complexity index is 3890. The number of aryl methyl sites for hydroxylation is 1. The second-order valence-corrected chi connectivity index (χ2v) is 18.5. The fourth-order valence-corrected chi connectivity index (χ4v) is 10.6. The van der Waals surface area contributed by atoms with Crippen LogP contribution in [0.5, 0.6) is 0 Å². The molecule has 12 aromatic rings. The van der Waals surface area contributed by atoms with Crippen LogP contribution >= 0.6 is 0 Å². The Morgan fingerprint density at radius 1 is 0.417 bits per heavy atom. The number of hydrogen-bond donors (Lipinski definition) is 1. The van der Waals surface area contributed by atoms with Crippen LogP contribution in [0.1, 0.15) is 5.56 Å². The van der Waals surface area contributed by atoms with Gasteiger partial charge in [0.2, 0.25) is 0 Å². The van der Waals surface area contributed by atoms with Crippen molar-refractivity contribution in [2.75, 3.05) is 15.1 Å². The summed E-state index contributed by atoms with van der Waals surface area (Å²) in [5.74, 6) is 0. The lowest BCUT2D eigenvalue weighted by Crippen LogP contribution is -2.41. The summed E-state index contributed by atoms with van der Waals surface area (Å²) in [4.78, 5) is 4.84. The summed E-state index contributed by atoms with van der Waals surface area (Å²) in [7, 11) is 2.41. The van der Waals surface area contributed by atoms with E-state index in [1.165, 1.54) is 16.7 Å². The quantitative estimate of drug-likeness (QED) is 0.139. The number of anilines is 8. The summed E-state index contributed by atoms with van der Waals surface area (Å²) in [5.41, 5.74) is 22.6. The zero-order chi connectivity index (χ0) is 48.0. The number of nitrogens with one attached hydrogen (secondary N) is 1. The van der Waals surface area contributed by atoms with Crippen molar-refractivity contribution in [3.63, 3.8) is 0 Å². The van der Waals surface area contributed by atoms with Gasteiger partial charge in [-0.3, -0.25) is 0 Å². The Labute approximate surface area is 421 Å². The summed E-state index contributed by atoms with van der Waals surface area (Å²) in [6, 6.07) is 93.2. The highest BCUT2D eigenvalue weighted by Crippen LogP contribution is 2.48. The summed E-state index contributed by atoms with van der Waals surface area (Å²) in [6.45, 7) is 2.24. The molecule has 0 saturated carbocycles. The van der Waals surface area contributed by atoms with Gasteiger partial charge >= 0.3 is 0 Å². The predicted octanol–water partition coefficient (Wildman–Crippen LogP) is 17.2. The largest absolute Gasteiger partial charge is 0.456 e. The standard InChI is InChI=1S/C67H47BN3O/c1-45-40-50(47-22-9-3-10-23-47)35-38-61(45)71-62-39-36-55(70(53-28-13-5-14-29-53)54-30-15-6-16-31-54)43-59(62)68-66-58(44-64-65(67(66)71)56-32-17-18-33-63(56)72-64)57-42-51(48-24-11-4-12-25-48)34-37-60(57)69-52-27-19-26-49(41-52)46-20-7-2-8-21-46/h2-44,69H,1H3. The van der Waals surface area contributed by atoms with Crippen LogP contribution in [0.3, 0.4) is 0 Å². The Morgan fingerprint density at radius 2 is 0.972 bits per heavy atom. The third-order valence-electron chi connectivity index (χ3n) is 14.0. The molecule has 11 aromatic carbocycles. The van der Waals surface area contributed by atoms with Gasteiger partial charge in [0.05, 0.1) is 11.1 Å². The highest BCUT2D eigenvalue weighted by Gasteiger charge is 2.33. The monoisotopic (exact) mass is 920 g/mol. The summed E-state index contributed by atoms with van der Waals surface area (Å²) >= 11 is 0. The van der Waals surface area contributed by atoms with Gasteiger partial charge in [0.25, 0.3) is 0 Å². The van der Waals surface area contributed by atoms with Gasteiger partial charge in [-0.15, -0.1) is 0 Å². The maximum atomic E-state index is 6.98. The molecule has 2 heterocycles. The molecule has 0 amide bonds. The van der Waals surface area contributed by atoms with Gasteiger partial charge in [-0.2, -0.15) is 0 Å². The summed E-state index contributed by atoms with van der Waals surface area (Å²) < 4.78 is 6.98. The highest BCUT2D eigenvalue weighted by molar-refractivity contribution is 6.74. The second kappa shape index (κ2) is 18.2. The van der Waals surface area contributed by atoms with Gasteiger partial charge in [-0.05, 0) is 148 Å². The van der Waals surface area contributed by atoms with Gasteiger partial charge in [0, 0.05) is 50.8 Å². The fourth-order valence-electron chi connectivity index (χ4n) is 10.6. The average Bonchev–Trinajstić information content (AvgIpc) is 3.83. The Morgan fingerprint density at radius 3 is 1.62 bits per heavy atom. The molecule has 1 aliphatic rings. The van der Waals surface area contributed by atoms with E-state index in [0.29, 0.717) is 0 Å². The van der Waals surface area contributed by atoms with Crippen LogP contribution in [0.25, 0.3) is 66.4 Å². The number of hydrogen-bond acceptors (Lipinski definition) is 4. The van der Waals surface area contributed by atoms with Crippen molar-refractivity contribution in [3.8, 4) is 44.5 Å². The number of furan rings is 1. The van der Waals surface area contributed by atoms with Gasteiger partial charge < -0.3 is 19.5 Å². The Kier molecular flexibility index (Phi) is 10.8. The summed E-state index contributed by atoms with van der Waals surface area (Å²) in [5, 5.41) is 6.07. The van der Waals surface area contributed by atoms with Gasteiger partial charge in [-0.1, -0.05) is 175 Å². The number of fused-ring (bicyclic) bond motifs is 6. The van der Waals surface area contributed by atoms with Crippen molar-refractivity contribution in [3.05, 3.63) is 266 Å². The van der Waals surface area contributed by atoms with Crippen LogP contribution in [0, 0.1) is 6.92 Å². The SMILES string of the molecule is Cc1cc(-c2ccccc2)ccc1N1c2ccc(N(c3ccccc3)c3ccccc3)cc2[B]c2c(-c3cc(-c4ccccc4)ccc3Nc3cccc(-c4ccccc4)c3)cc3oc4ccccc4c3c21. The van der Waals surface area contributed by atoms with Crippen molar-refractivity contribution in [2.24, 2.45) is 0 Å². The first-order valence-corrected chi connectivity index (χ1v) is 24.6. The molecule has 72 heavy (non-hydrogen) atoms. The van der Waals surface area contributed by atoms with E-state index in [1.807, 2.05) is 0 Å². The van der Waals surface area contributed by atoms with E-state index in [-0.39, 0.29) is 0 Å². The molecule has 339 valence electrons. The normalized spacial score (nSPS) is 11.8. The van der Waals surface area contributed by atoms with Gasteiger partial charge in [0.15, 0.2) is 7.28 Å². The van der Waals surface area contributed by atoms with Crippen LogP contribution in [0.2, 0.25) is 0 Å². The van der Waals surface area contributed by atoms with Gasteiger partial charge in [-0.25, -0.2) is 0 Å². The predicted molar refractivity (Wildman–Crippen MR) is 304 cm³/mol. The first-order chi connectivity index (χ1) is 35.6. The number of para-hydroxylation sites is 3. The third-order valence-corrected chi connectivity index (χ3v) is 14.0. The van der Waals surface area contributed by atoms with E-state index in [9.17, 15) is 0 Å². The highest BCUT2D eigenvalue weighted by atomic mass is 16.3. The number of rotatable bonds is 10. The molecule has 1 radical (unpaired) electrons. The molecule has 0 aliphatic carbocycles. The lowest BCUT2D eigenvalue weighted by Gasteiger charge is -2.37. The van der Waals surface area contributed by atoms with E-state index >= 15 is 0 Å². The molecule has 0 atom stereocenters. The van der Waals surface area contributed by atoms with Crippen LogP contribution in [-0.2, 0) is 0 Å². The van der Waals surface area contributed by atoms with Crippen molar-refractivity contribution >= 4 is 85.6 Å². The lowest BCUT2D eigenvalue weighted by atomic mass is 9.57. The molecule has 1 aromatic heterocycles. The first kappa shape index (κ1) is 42.8. The molecular formula is C67H47BN3O. The molecule has 1 N–H and O–H groups in total. The zero-order valence-corrected chi connectivity index (χ0v) is 39.7. The third kappa shape index (κ3) is 7.78. The molecular weight excluding hydrogens is 874 g/mol. The van der Waals surface area contributed by atoms with E-state index < -0.39 is 0 Å². The topological polar surface area (TPSA) is 31.6 Å².